The highest BCUT2D eigenvalue weighted by Crippen LogP contribution is 2.24. The lowest BCUT2D eigenvalue weighted by Gasteiger charge is -2.09. The molecular formula is C17H16N4OS. The van der Waals surface area contributed by atoms with Crippen LogP contribution in [0.1, 0.15) is 16.9 Å². The van der Waals surface area contributed by atoms with Crippen molar-refractivity contribution in [2.24, 2.45) is 0 Å². The largest absolute Gasteiger partial charge is 0.467 e. The number of thioether (sulfide) groups is 1. The van der Waals surface area contributed by atoms with Crippen LogP contribution in [0, 0.1) is 18.3 Å². The van der Waals surface area contributed by atoms with Gasteiger partial charge in [0.25, 0.3) is 0 Å². The summed E-state index contributed by atoms with van der Waals surface area (Å²) >= 11 is 1.43. The van der Waals surface area contributed by atoms with E-state index < -0.39 is 0 Å². The van der Waals surface area contributed by atoms with E-state index in [0.717, 1.165) is 16.5 Å². The van der Waals surface area contributed by atoms with Crippen LogP contribution >= 0.6 is 11.8 Å². The van der Waals surface area contributed by atoms with Crippen LogP contribution in [0.25, 0.3) is 0 Å². The second-order valence-electron chi connectivity index (χ2n) is 5.25. The highest BCUT2D eigenvalue weighted by Gasteiger charge is 2.15. The smallest absolute Gasteiger partial charge is 0.192 e. The molecule has 0 bridgehead atoms. The fourth-order valence-corrected chi connectivity index (χ4v) is 3.12. The van der Waals surface area contributed by atoms with Crippen molar-refractivity contribution in [3.05, 3.63) is 65.9 Å². The molecule has 0 aliphatic carbocycles. The molecule has 3 rings (SSSR count). The van der Waals surface area contributed by atoms with Gasteiger partial charge >= 0.3 is 0 Å². The highest BCUT2D eigenvalue weighted by molar-refractivity contribution is 8.00. The zero-order valence-corrected chi connectivity index (χ0v) is 13.5. The zero-order valence-electron chi connectivity index (χ0n) is 12.7. The predicted octanol–water partition coefficient (Wildman–Crippen LogP) is 3.45. The van der Waals surface area contributed by atoms with E-state index in [1.807, 2.05) is 16.7 Å². The van der Waals surface area contributed by atoms with E-state index in [9.17, 15) is 5.26 Å². The molecule has 1 atom stereocenters. The number of aryl methyl sites for hydroxylation is 1. The molecule has 3 aromatic rings. The topological polar surface area (TPSA) is 67.6 Å². The highest BCUT2D eigenvalue weighted by atomic mass is 32.2. The Labute approximate surface area is 139 Å². The maximum absolute atomic E-state index is 9.44. The minimum Gasteiger partial charge on any atom is -0.467 e. The molecule has 2 aromatic heterocycles. The molecule has 0 fully saturated rings. The van der Waals surface area contributed by atoms with Crippen molar-refractivity contribution < 1.29 is 4.42 Å². The number of nitrogens with zero attached hydrogens (tertiary/aromatic N) is 4. The fourth-order valence-electron chi connectivity index (χ4n) is 2.19. The zero-order chi connectivity index (χ0) is 16.1. The molecule has 0 unspecified atom stereocenters. The molecule has 0 N–H and O–H groups in total. The van der Waals surface area contributed by atoms with Gasteiger partial charge < -0.3 is 8.98 Å². The van der Waals surface area contributed by atoms with Crippen LogP contribution in [0.3, 0.4) is 0 Å². The molecule has 6 heteroatoms. The first-order chi connectivity index (χ1) is 11.2. The monoisotopic (exact) mass is 324 g/mol. The van der Waals surface area contributed by atoms with Gasteiger partial charge in [-0.1, -0.05) is 41.6 Å². The van der Waals surface area contributed by atoms with Crippen LogP contribution in [0.15, 0.2) is 58.6 Å². The number of aromatic nitrogens is 3. The Kier molecular flexibility index (Phi) is 4.79. The summed E-state index contributed by atoms with van der Waals surface area (Å²) in [6.45, 7) is 2.61. The van der Waals surface area contributed by atoms with E-state index in [4.69, 9.17) is 4.42 Å². The van der Waals surface area contributed by atoms with Crippen molar-refractivity contribution in [3.8, 4) is 6.07 Å². The van der Waals surface area contributed by atoms with Crippen molar-refractivity contribution >= 4 is 11.8 Å². The summed E-state index contributed by atoms with van der Waals surface area (Å²) in [5, 5.41) is 18.0. The third-order valence-electron chi connectivity index (χ3n) is 3.42. The molecule has 0 amide bonds. The normalized spacial score (nSPS) is 12.0. The Morgan fingerprint density at radius 2 is 2.13 bits per heavy atom. The first kappa shape index (κ1) is 15.4. The molecule has 23 heavy (non-hydrogen) atoms. The predicted molar refractivity (Wildman–Crippen MR) is 88.0 cm³/mol. The summed E-state index contributed by atoms with van der Waals surface area (Å²) in [6.07, 6.45) is 3.97. The minimum absolute atomic E-state index is 0.211. The van der Waals surface area contributed by atoms with Crippen molar-refractivity contribution in [3.63, 3.8) is 0 Å². The Morgan fingerprint density at radius 3 is 2.83 bits per heavy atom. The van der Waals surface area contributed by atoms with E-state index in [1.165, 1.54) is 17.3 Å². The lowest BCUT2D eigenvalue weighted by molar-refractivity contribution is 0.484. The van der Waals surface area contributed by atoms with Crippen LogP contribution < -0.4 is 0 Å². The molecule has 0 saturated carbocycles. The average molecular weight is 324 g/mol. The number of rotatable bonds is 6. The van der Waals surface area contributed by atoms with Crippen LogP contribution in [0.5, 0.6) is 0 Å². The summed E-state index contributed by atoms with van der Waals surface area (Å²) in [5.41, 5.74) is 2.36. The van der Waals surface area contributed by atoms with Gasteiger partial charge in [0.05, 0.1) is 18.9 Å². The molecule has 0 aliphatic heterocycles. The molecular weight excluding hydrogens is 308 g/mol. The second-order valence-corrected chi connectivity index (χ2v) is 6.42. The SMILES string of the molecule is Cc1ccc(C[C@H](C#N)Sc2nncn2Cc2ccco2)cc1. The van der Waals surface area contributed by atoms with Gasteiger partial charge in [0.15, 0.2) is 5.16 Å². The van der Waals surface area contributed by atoms with E-state index in [0.29, 0.717) is 13.0 Å². The van der Waals surface area contributed by atoms with Gasteiger partial charge in [-0.25, -0.2) is 0 Å². The Morgan fingerprint density at radius 1 is 1.30 bits per heavy atom. The van der Waals surface area contributed by atoms with Crippen LogP contribution in [0.4, 0.5) is 0 Å². The molecule has 116 valence electrons. The maximum atomic E-state index is 9.44. The number of hydrogen-bond donors (Lipinski definition) is 0. The van der Waals surface area contributed by atoms with E-state index in [2.05, 4.69) is 47.5 Å². The van der Waals surface area contributed by atoms with Crippen molar-refractivity contribution in [1.82, 2.24) is 14.8 Å². The molecule has 0 radical (unpaired) electrons. The molecule has 0 saturated heterocycles. The number of benzene rings is 1. The summed E-state index contributed by atoms with van der Waals surface area (Å²) in [5.74, 6) is 0.832. The third-order valence-corrected chi connectivity index (χ3v) is 4.50. The van der Waals surface area contributed by atoms with Crippen molar-refractivity contribution in [1.29, 1.82) is 5.26 Å². The third kappa shape index (κ3) is 4.02. The lowest BCUT2D eigenvalue weighted by Crippen LogP contribution is -2.07. The molecule has 5 nitrogen and oxygen atoms in total. The van der Waals surface area contributed by atoms with Gasteiger partial charge in [0.2, 0.25) is 0 Å². The number of hydrogen-bond acceptors (Lipinski definition) is 5. The molecule has 2 heterocycles. The van der Waals surface area contributed by atoms with E-state index in [-0.39, 0.29) is 5.25 Å². The quantitative estimate of drug-likeness (QED) is 0.650. The molecule has 0 aliphatic rings. The van der Waals surface area contributed by atoms with Crippen LogP contribution in [-0.4, -0.2) is 20.0 Å². The van der Waals surface area contributed by atoms with E-state index >= 15 is 0 Å². The minimum atomic E-state index is -0.211. The first-order valence-corrected chi connectivity index (χ1v) is 8.14. The number of nitriles is 1. The Hall–Kier alpha value is -2.52. The summed E-state index contributed by atoms with van der Waals surface area (Å²) in [6, 6.07) is 14.4. The second kappa shape index (κ2) is 7.16. The van der Waals surface area contributed by atoms with Crippen LogP contribution in [0.2, 0.25) is 0 Å². The Balaban J connectivity index is 1.69. The van der Waals surface area contributed by atoms with Crippen molar-refractivity contribution in [2.45, 2.75) is 30.3 Å². The summed E-state index contributed by atoms with van der Waals surface area (Å²) in [7, 11) is 0. The molecule has 1 aromatic carbocycles. The maximum Gasteiger partial charge on any atom is 0.192 e. The fraction of sp³-hybridized carbons (Fsp3) is 0.235. The lowest BCUT2D eigenvalue weighted by atomic mass is 10.1. The van der Waals surface area contributed by atoms with Gasteiger partial charge in [-0.05, 0) is 31.0 Å². The molecule has 0 spiro atoms. The summed E-state index contributed by atoms with van der Waals surface area (Å²) < 4.78 is 7.24. The van der Waals surface area contributed by atoms with Gasteiger partial charge in [-0.15, -0.1) is 10.2 Å². The van der Waals surface area contributed by atoms with Gasteiger partial charge in [-0.3, -0.25) is 0 Å². The van der Waals surface area contributed by atoms with E-state index in [1.54, 1.807) is 12.6 Å². The van der Waals surface area contributed by atoms with Crippen molar-refractivity contribution in [2.75, 3.05) is 0 Å². The summed E-state index contributed by atoms with van der Waals surface area (Å²) in [4.78, 5) is 0. The Bertz CT molecular complexity index is 787. The van der Waals surface area contributed by atoms with Gasteiger partial charge in [0, 0.05) is 0 Å². The standard InChI is InChI=1S/C17H16N4OS/c1-13-4-6-14(7-5-13)9-16(10-18)23-17-20-19-12-21(17)11-15-3-2-8-22-15/h2-8,12,16H,9,11H2,1H3/t16-/m1/s1. The van der Waals surface area contributed by atoms with Crippen LogP contribution in [-0.2, 0) is 13.0 Å². The van der Waals surface area contributed by atoms with Gasteiger partial charge in [-0.2, -0.15) is 5.26 Å². The van der Waals surface area contributed by atoms with Gasteiger partial charge in [0.1, 0.15) is 17.3 Å². The number of furan rings is 1. The average Bonchev–Trinajstić information content (AvgIpc) is 3.22. The first-order valence-electron chi connectivity index (χ1n) is 7.26.